The molecule has 2 aliphatic heterocycles. The maximum absolute atomic E-state index is 12.1. The SMILES string of the molecule is CC(=O)N1CCCCC[C@@H]1C1CCN(Cc2nnnn2C2CC2)CC1. The number of aromatic nitrogens is 4. The van der Waals surface area contributed by atoms with Gasteiger partial charge in [0.25, 0.3) is 0 Å². The predicted molar refractivity (Wildman–Crippen MR) is 93.7 cm³/mol. The third kappa shape index (κ3) is 3.86. The molecule has 0 N–H and O–H groups in total. The molecule has 3 fully saturated rings. The number of tetrazole rings is 1. The van der Waals surface area contributed by atoms with Gasteiger partial charge in [-0.15, -0.1) is 5.10 Å². The van der Waals surface area contributed by atoms with Crippen molar-refractivity contribution in [3.8, 4) is 0 Å². The molecule has 138 valence electrons. The topological polar surface area (TPSA) is 67.2 Å². The molecule has 4 rings (SSSR count). The van der Waals surface area contributed by atoms with Gasteiger partial charge in [0.2, 0.25) is 5.91 Å². The Labute approximate surface area is 149 Å². The van der Waals surface area contributed by atoms with Crippen molar-refractivity contribution in [3.05, 3.63) is 5.82 Å². The van der Waals surface area contributed by atoms with Crippen LogP contribution in [0.2, 0.25) is 0 Å². The second-order valence-corrected chi connectivity index (χ2v) is 8.01. The zero-order chi connectivity index (χ0) is 17.2. The monoisotopic (exact) mass is 346 g/mol. The molecule has 7 heteroatoms. The van der Waals surface area contributed by atoms with Crippen molar-refractivity contribution < 1.29 is 4.79 Å². The van der Waals surface area contributed by atoms with E-state index in [1.807, 2.05) is 4.68 Å². The highest BCUT2D eigenvalue weighted by Crippen LogP contribution is 2.35. The normalized spacial score (nSPS) is 26.6. The molecule has 2 saturated heterocycles. The second kappa shape index (κ2) is 7.40. The summed E-state index contributed by atoms with van der Waals surface area (Å²) >= 11 is 0. The molecule has 0 radical (unpaired) electrons. The Hall–Kier alpha value is -1.50. The fourth-order valence-electron chi connectivity index (χ4n) is 4.63. The summed E-state index contributed by atoms with van der Waals surface area (Å²) in [7, 11) is 0. The van der Waals surface area contributed by atoms with E-state index in [2.05, 4.69) is 25.3 Å². The Bertz CT molecular complexity index is 590. The first kappa shape index (κ1) is 16.9. The van der Waals surface area contributed by atoms with Gasteiger partial charge in [-0.1, -0.05) is 12.8 Å². The van der Waals surface area contributed by atoms with Crippen molar-refractivity contribution in [2.75, 3.05) is 19.6 Å². The van der Waals surface area contributed by atoms with Crippen LogP contribution in [0.5, 0.6) is 0 Å². The molecule has 1 saturated carbocycles. The van der Waals surface area contributed by atoms with Crippen LogP contribution in [0.25, 0.3) is 0 Å². The molecule has 1 atom stereocenters. The number of amides is 1. The van der Waals surface area contributed by atoms with E-state index >= 15 is 0 Å². The Morgan fingerprint density at radius 1 is 1.04 bits per heavy atom. The fraction of sp³-hybridized carbons (Fsp3) is 0.889. The van der Waals surface area contributed by atoms with Gasteiger partial charge in [0.1, 0.15) is 0 Å². The average molecular weight is 346 g/mol. The lowest BCUT2D eigenvalue weighted by Crippen LogP contribution is -2.47. The molecule has 0 unspecified atom stereocenters. The van der Waals surface area contributed by atoms with E-state index in [1.165, 1.54) is 51.4 Å². The smallest absolute Gasteiger partial charge is 0.219 e. The molecule has 3 heterocycles. The minimum absolute atomic E-state index is 0.262. The van der Waals surface area contributed by atoms with Crippen molar-refractivity contribution >= 4 is 5.91 Å². The van der Waals surface area contributed by atoms with Crippen LogP contribution < -0.4 is 0 Å². The Balaban J connectivity index is 1.34. The van der Waals surface area contributed by atoms with Gasteiger partial charge in [-0.2, -0.15) is 0 Å². The van der Waals surface area contributed by atoms with E-state index in [-0.39, 0.29) is 5.91 Å². The van der Waals surface area contributed by atoms with Gasteiger partial charge in [-0.25, -0.2) is 4.68 Å². The highest BCUT2D eigenvalue weighted by molar-refractivity contribution is 5.73. The fourth-order valence-corrected chi connectivity index (χ4v) is 4.63. The van der Waals surface area contributed by atoms with Crippen molar-refractivity contribution in [1.29, 1.82) is 0 Å². The number of piperidine rings is 1. The van der Waals surface area contributed by atoms with Crippen molar-refractivity contribution in [1.82, 2.24) is 30.0 Å². The summed E-state index contributed by atoms with van der Waals surface area (Å²) in [5, 5.41) is 12.3. The first-order valence-corrected chi connectivity index (χ1v) is 9.98. The molecule has 1 aromatic heterocycles. The number of carbonyl (C=O) groups is 1. The van der Waals surface area contributed by atoms with Crippen LogP contribution in [-0.4, -0.2) is 61.6 Å². The average Bonchev–Trinajstić information content (AvgIpc) is 3.40. The number of nitrogens with zero attached hydrogens (tertiary/aromatic N) is 6. The van der Waals surface area contributed by atoms with Gasteiger partial charge in [0.05, 0.1) is 12.6 Å². The maximum atomic E-state index is 12.1. The van der Waals surface area contributed by atoms with Gasteiger partial charge in [-0.3, -0.25) is 9.69 Å². The highest BCUT2D eigenvalue weighted by Gasteiger charge is 2.33. The van der Waals surface area contributed by atoms with Crippen LogP contribution in [0.15, 0.2) is 0 Å². The molecule has 1 aliphatic carbocycles. The van der Waals surface area contributed by atoms with Crippen LogP contribution in [-0.2, 0) is 11.3 Å². The summed E-state index contributed by atoms with van der Waals surface area (Å²) in [6.07, 6.45) is 9.67. The van der Waals surface area contributed by atoms with Crippen LogP contribution in [0.1, 0.15) is 70.2 Å². The van der Waals surface area contributed by atoms with Gasteiger partial charge in [0, 0.05) is 19.5 Å². The Morgan fingerprint density at radius 3 is 2.56 bits per heavy atom. The van der Waals surface area contributed by atoms with E-state index in [0.717, 1.165) is 32.0 Å². The molecule has 25 heavy (non-hydrogen) atoms. The van der Waals surface area contributed by atoms with Gasteiger partial charge >= 0.3 is 0 Å². The summed E-state index contributed by atoms with van der Waals surface area (Å²) in [4.78, 5) is 16.7. The minimum Gasteiger partial charge on any atom is -0.340 e. The van der Waals surface area contributed by atoms with Crippen molar-refractivity contribution in [3.63, 3.8) is 0 Å². The summed E-state index contributed by atoms with van der Waals surface area (Å²) in [6.45, 7) is 5.73. The van der Waals surface area contributed by atoms with E-state index < -0.39 is 0 Å². The predicted octanol–water partition coefficient (Wildman–Crippen LogP) is 2.01. The molecule has 0 bridgehead atoms. The quantitative estimate of drug-likeness (QED) is 0.834. The first-order valence-electron chi connectivity index (χ1n) is 9.98. The van der Waals surface area contributed by atoms with Crippen molar-refractivity contribution in [2.45, 2.75) is 76.9 Å². The van der Waals surface area contributed by atoms with E-state index in [0.29, 0.717) is 18.0 Å². The number of carbonyl (C=O) groups excluding carboxylic acids is 1. The van der Waals surface area contributed by atoms with Gasteiger partial charge < -0.3 is 4.90 Å². The molecule has 0 spiro atoms. The summed E-state index contributed by atoms with van der Waals surface area (Å²) in [6, 6.07) is 0.997. The van der Waals surface area contributed by atoms with Gasteiger partial charge in [0.15, 0.2) is 5.82 Å². The number of rotatable bonds is 4. The zero-order valence-corrected chi connectivity index (χ0v) is 15.3. The van der Waals surface area contributed by atoms with Crippen LogP contribution in [0.4, 0.5) is 0 Å². The largest absolute Gasteiger partial charge is 0.340 e. The lowest BCUT2D eigenvalue weighted by atomic mass is 9.86. The molecule has 0 aromatic carbocycles. The van der Waals surface area contributed by atoms with Gasteiger partial charge in [-0.05, 0) is 68.0 Å². The summed E-state index contributed by atoms with van der Waals surface area (Å²) in [5.74, 6) is 1.93. The minimum atomic E-state index is 0.262. The summed E-state index contributed by atoms with van der Waals surface area (Å²) in [5.41, 5.74) is 0. The van der Waals surface area contributed by atoms with E-state index in [1.54, 1.807) is 6.92 Å². The number of likely N-dealkylation sites (tertiary alicyclic amines) is 2. The van der Waals surface area contributed by atoms with Crippen LogP contribution in [0, 0.1) is 5.92 Å². The van der Waals surface area contributed by atoms with Crippen LogP contribution in [0.3, 0.4) is 0 Å². The number of hydrogen-bond acceptors (Lipinski definition) is 5. The lowest BCUT2D eigenvalue weighted by Gasteiger charge is -2.40. The summed E-state index contributed by atoms with van der Waals surface area (Å²) < 4.78 is 2.02. The standard InChI is InChI=1S/C18H30N6O/c1-14(25)23-10-4-2-3-5-17(23)15-8-11-22(12-9-15)13-18-19-20-21-24(18)16-6-7-16/h15-17H,2-13H2,1H3/t17-/m1/s1. The highest BCUT2D eigenvalue weighted by atomic mass is 16.2. The van der Waals surface area contributed by atoms with E-state index in [4.69, 9.17) is 0 Å². The third-order valence-corrected chi connectivity index (χ3v) is 6.20. The molecule has 1 aromatic rings. The van der Waals surface area contributed by atoms with Crippen molar-refractivity contribution in [2.24, 2.45) is 5.92 Å². The molecule has 3 aliphatic rings. The molecule has 7 nitrogen and oxygen atoms in total. The molecular weight excluding hydrogens is 316 g/mol. The maximum Gasteiger partial charge on any atom is 0.219 e. The van der Waals surface area contributed by atoms with Crippen LogP contribution >= 0.6 is 0 Å². The second-order valence-electron chi connectivity index (χ2n) is 8.01. The molecule has 1 amide bonds. The number of hydrogen-bond donors (Lipinski definition) is 0. The third-order valence-electron chi connectivity index (χ3n) is 6.20. The Morgan fingerprint density at radius 2 is 1.84 bits per heavy atom. The zero-order valence-electron chi connectivity index (χ0n) is 15.3. The molecular formula is C18H30N6O. The van der Waals surface area contributed by atoms with E-state index in [9.17, 15) is 4.79 Å². The lowest BCUT2D eigenvalue weighted by molar-refractivity contribution is -0.132. The Kier molecular flexibility index (Phi) is 5.01. The first-order chi connectivity index (χ1) is 12.2.